The number of amides is 1. The standard InChI is InChI=1S/C13H20N4O2/c18-13(14-3-1-9-2-4-19-7-9)11-5-10-12(6-15-11)17-8-16-10/h8-9,11,15H,1-7H2,(H,14,18)(H,16,17). The number of nitrogens with zero attached hydrogens (tertiary/aromatic N) is 1. The van der Waals surface area contributed by atoms with Crippen LogP contribution in [0.3, 0.4) is 0 Å². The number of aromatic nitrogens is 2. The molecule has 2 unspecified atom stereocenters. The number of carbonyl (C=O) groups is 1. The Kier molecular flexibility index (Phi) is 3.79. The van der Waals surface area contributed by atoms with Gasteiger partial charge >= 0.3 is 0 Å². The summed E-state index contributed by atoms with van der Waals surface area (Å²) in [4.78, 5) is 19.4. The van der Waals surface area contributed by atoms with Gasteiger partial charge in [-0.2, -0.15) is 0 Å². The molecule has 1 aromatic rings. The average molecular weight is 264 g/mol. The number of fused-ring (bicyclic) bond motifs is 1. The quantitative estimate of drug-likeness (QED) is 0.713. The summed E-state index contributed by atoms with van der Waals surface area (Å²) in [5.41, 5.74) is 2.09. The molecule has 6 heteroatoms. The van der Waals surface area contributed by atoms with Crippen LogP contribution in [-0.4, -0.2) is 41.7 Å². The molecule has 0 aromatic carbocycles. The van der Waals surface area contributed by atoms with E-state index in [1.54, 1.807) is 6.33 Å². The molecular weight excluding hydrogens is 244 g/mol. The molecule has 1 aromatic heterocycles. The lowest BCUT2D eigenvalue weighted by molar-refractivity contribution is -0.123. The highest BCUT2D eigenvalue weighted by molar-refractivity contribution is 5.82. The van der Waals surface area contributed by atoms with Gasteiger partial charge in [0.2, 0.25) is 5.91 Å². The highest BCUT2D eigenvalue weighted by Crippen LogP contribution is 2.15. The second kappa shape index (κ2) is 5.71. The molecular formula is C13H20N4O2. The molecule has 2 atom stereocenters. The summed E-state index contributed by atoms with van der Waals surface area (Å²) in [5.74, 6) is 0.685. The fourth-order valence-electron chi connectivity index (χ4n) is 2.69. The number of imidazole rings is 1. The number of carbonyl (C=O) groups excluding carboxylic acids is 1. The van der Waals surface area contributed by atoms with E-state index in [1.165, 1.54) is 0 Å². The Balaban J connectivity index is 1.43. The molecule has 0 saturated carbocycles. The molecule has 0 spiro atoms. The lowest BCUT2D eigenvalue weighted by Crippen LogP contribution is -2.48. The molecule has 0 radical (unpaired) electrons. The lowest BCUT2D eigenvalue weighted by Gasteiger charge is -2.22. The Labute approximate surface area is 112 Å². The summed E-state index contributed by atoms with van der Waals surface area (Å²) >= 11 is 0. The van der Waals surface area contributed by atoms with Crippen LogP contribution in [-0.2, 0) is 22.5 Å². The first-order chi connectivity index (χ1) is 9.33. The lowest BCUT2D eigenvalue weighted by atomic mass is 10.0. The molecule has 3 heterocycles. The van der Waals surface area contributed by atoms with E-state index in [2.05, 4.69) is 20.6 Å². The molecule has 2 aliphatic heterocycles. The van der Waals surface area contributed by atoms with Crippen molar-refractivity contribution in [3.8, 4) is 0 Å². The minimum Gasteiger partial charge on any atom is -0.381 e. The van der Waals surface area contributed by atoms with Crippen molar-refractivity contribution in [3.05, 3.63) is 17.7 Å². The van der Waals surface area contributed by atoms with Gasteiger partial charge in [-0.3, -0.25) is 10.1 Å². The van der Waals surface area contributed by atoms with Crippen LogP contribution in [0.2, 0.25) is 0 Å². The van der Waals surface area contributed by atoms with Crippen LogP contribution >= 0.6 is 0 Å². The van der Waals surface area contributed by atoms with Crippen LogP contribution in [0, 0.1) is 5.92 Å². The van der Waals surface area contributed by atoms with Crippen molar-refractivity contribution in [2.75, 3.05) is 19.8 Å². The first-order valence-corrected chi connectivity index (χ1v) is 6.93. The normalized spacial score (nSPS) is 26.1. The van der Waals surface area contributed by atoms with Crippen LogP contribution < -0.4 is 10.6 Å². The van der Waals surface area contributed by atoms with Gasteiger partial charge < -0.3 is 15.0 Å². The Morgan fingerprint density at radius 3 is 3.37 bits per heavy atom. The van der Waals surface area contributed by atoms with Crippen molar-refractivity contribution < 1.29 is 9.53 Å². The molecule has 0 bridgehead atoms. The second-order valence-electron chi connectivity index (χ2n) is 5.27. The highest BCUT2D eigenvalue weighted by Gasteiger charge is 2.25. The first kappa shape index (κ1) is 12.6. The van der Waals surface area contributed by atoms with Gasteiger partial charge in [-0.05, 0) is 18.8 Å². The Bertz CT molecular complexity index is 440. The molecule has 1 amide bonds. The maximum atomic E-state index is 12.1. The fraction of sp³-hybridized carbons (Fsp3) is 0.692. The Hall–Kier alpha value is -1.40. The Morgan fingerprint density at radius 1 is 1.58 bits per heavy atom. The van der Waals surface area contributed by atoms with Gasteiger partial charge in [0.05, 0.1) is 23.8 Å². The van der Waals surface area contributed by atoms with Gasteiger partial charge in [0.1, 0.15) is 0 Å². The molecule has 1 saturated heterocycles. The van der Waals surface area contributed by atoms with Crippen molar-refractivity contribution in [1.82, 2.24) is 20.6 Å². The maximum Gasteiger partial charge on any atom is 0.237 e. The number of rotatable bonds is 4. The summed E-state index contributed by atoms with van der Waals surface area (Å²) in [7, 11) is 0. The van der Waals surface area contributed by atoms with E-state index >= 15 is 0 Å². The maximum absolute atomic E-state index is 12.1. The van der Waals surface area contributed by atoms with Gasteiger partial charge in [-0.25, -0.2) is 4.98 Å². The SMILES string of the molecule is O=C(NCCC1CCOC1)C1Cc2nc[nH]c2CN1. The highest BCUT2D eigenvalue weighted by atomic mass is 16.5. The van der Waals surface area contributed by atoms with Crippen molar-refractivity contribution >= 4 is 5.91 Å². The van der Waals surface area contributed by atoms with E-state index in [4.69, 9.17) is 4.74 Å². The van der Waals surface area contributed by atoms with Crippen LogP contribution in [0.25, 0.3) is 0 Å². The number of hydrogen-bond donors (Lipinski definition) is 3. The third-order valence-electron chi connectivity index (χ3n) is 3.92. The zero-order valence-electron chi connectivity index (χ0n) is 10.9. The zero-order chi connectivity index (χ0) is 13.1. The second-order valence-corrected chi connectivity index (χ2v) is 5.27. The summed E-state index contributed by atoms with van der Waals surface area (Å²) in [5, 5.41) is 6.24. The van der Waals surface area contributed by atoms with Crippen molar-refractivity contribution in [2.24, 2.45) is 5.92 Å². The molecule has 0 aliphatic carbocycles. The third-order valence-corrected chi connectivity index (χ3v) is 3.92. The van der Waals surface area contributed by atoms with Crippen LogP contribution in [0.15, 0.2) is 6.33 Å². The van der Waals surface area contributed by atoms with Crippen LogP contribution in [0.1, 0.15) is 24.2 Å². The van der Waals surface area contributed by atoms with E-state index in [-0.39, 0.29) is 11.9 Å². The van der Waals surface area contributed by atoms with E-state index < -0.39 is 0 Å². The number of hydrogen-bond acceptors (Lipinski definition) is 4. The van der Waals surface area contributed by atoms with Crippen LogP contribution in [0.5, 0.6) is 0 Å². The predicted octanol–water partition coefficient (Wildman–Crippen LogP) is -0.0332. The molecule has 3 N–H and O–H groups in total. The first-order valence-electron chi connectivity index (χ1n) is 6.93. The molecule has 6 nitrogen and oxygen atoms in total. The summed E-state index contributed by atoms with van der Waals surface area (Å²) < 4.78 is 5.32. The zero-order valence-corrected chi connectivity index (χ0v) is 10.9. The predicted molar refractivity (Wildman–Crippen MR) is 69.5 cm³/mol. The van der Waals surface area contributed by atoms with E-state index in [9.17, 15) is 4.79 Å². The molecule has 104 valence electrons. The third kappa shape index (κ3) is 2.96. The fourth-order valence-corrected chi connectivity index (χ4v) is 2.69. The molecule has 1 fully saturated rings. The van der Waals surface area contributed by atoms with Gasteiger partial charge in [0, 0.05) is 32.7 Å². The van der Waals surface area contributed by atoms with Gasteiger partial charge in [0.15, 0.2) is 0 Å². The van der Waals surface area contributed by atoms with Crippen molar-refractivity contribution in [1.29, 1.82) is 0 Å². The summed E-state index contributed by atoms with van der Waals surface area (Å²) in [6, 6.07) is -0.157. The number of H-pyrrole nitrogens is 1. The van der Waals surface area contributed by atoms with E-state index in [1.807, 2.05) is 0 Å². The minimum atomic E-state index is -0.157. The summed E-state index contributed by atoms with van der Waals surface area (Å²) in [6.07, 6.45) is 4.48. The number of aromatic amines is 1. The van der Waals surface area contributed by atoms with E-state index in [0.717, 1.165) is 44.0 Å². The minimum absolute atomic E-state index is 0.0764. The monoisotopic (exact) mass is 264 g/mol. The largest absolute Gasteiger partial charge is 0.381 e. The summed E-state index contributed by atoms with van der Waals surface area (Å²) in [6.45, 7) is 3.13. The Morgan fingerprint density at radius 2 is 2.53 bits per heavy atom. The van der Waals surface area contributed by atoms with Gasteiger partial charge in [0.25, 0.3) is 0 Å². The molecule has 3 rings (SSSR count). The smallest absolute Gasteiger partial charge is 0.237 e. The molecule has 2 aliphatic rings. The van der Waals surface area contributed by atoms with Gasteiger partial charge in [-0.15, -0.1) is 0 Å². The van der Waals surface area contributed by atoms with Gasteiger partial charge in [-0.1, -0.05) is 0 Å². The number of ether oxygens (including phenoxy) is 1. The topological polar surface area (TPSA) is 79.0 Å². The van der Waals surface area contributed by atoms with Crippen molar-refractivity contribution in [2.45, 2.75) is 31.8 Å². The van der Waals surface area contributed by atoms with Crippen molar-refractivity contribution in [3.63, 3.8) is 0 Å². The average Bonchev–Trinajstić information content (AvgIpc) is 3.08. The molecule has 19 heavy (non-hydrogen) atoms. The number of nitrogens with one attached hydrogen (secondary N) is 3. The van der Waals surface area contributed by atoms with E-state index in [0.29, 0.717) is 18.9 Å². The van der Waals surface area contributed by atoms with Crippen LogP contribution in [0.4, 0.5) is 0 Å².